The van der Waals surface area contributed by atoms with E-state index in [-0.39, 0.29) is 5.57 Å². The first kappa shape index (κ1) is 18.6. The smallest absolute Gasteiger partial charge is 0.348 e. The Morgan fingerprint density at radius 2 is 1.83 bits per heavy atom. The van der Waals surface area contributed by atoms with E-state index in [0.29, 0.717) is 23.7 Å². The van der Waals surface area contributed by atoms with Crippen molar-refractivity contribution in [3.05, 3.63) is 26.8 Å². The molecule has 0 atom stereocenters. The zero-order valence-electron chi connectivity index (χ0n) is 14.0. The molecule has 0 bridgehead atoms. The number of cyclic esters (lactones) is 2. The van der Waals surface area contributed by atoms with Gasteiger partial charge in [0.1, 0.15) is 5.57 Å². The van der Waals surface area contributed by atoms with E-state index in [9.17, 15) is 9.59 Å². The van der Waals surface area contributed by atoms with Crippen LogP contribution in [0.15, 0.2) is 17.7 Å². The average molecular weight is 446 g/mol. The molecule has 1 heterocycles. The summed E-state index contributed by atoms with van der Waals surface area (Å²) in [6.07, 6.45) is 2.30. The fourth-order valence-corrected chi connectivity index (χ4v) is 2.89. The predicted octanol–water partition coefficient (Wildman–Crippen LogP) is 3.31. The second-order valence-corrected chi connectivity index (χ2v) is 6.78. The van der Waals surface area contributed by atoms with Crippen molar-refractivity contribution in [2.24, 2.45) is 0 Å². The van der Waals surface area contributed by atoms with Crippen LogP contribution in [-0.4, -0.2) is 31.4 Å². The average Bonchev–Trinajstić information content (AvgIpc) is 2.48. The van der Waals surface area contributed by atoms with E-state index in [2.05, 4.69) is 22.6 Å². The zero-order chi connectivity index (χ0) is 17.9. The molecule has 0 saturated carbocycles. The van der Waals surface area contributed by atoms with Crippen molar-refractivity contribution in [3.8, 4) is 11.5 Å². The second kappa shape index (κ2) is 7.42. The van der Waals surface area contributed by atoms with Gasteiger partial charge in [-0.2, -0.15) is 0 Å². The number of carbonyl (C=O) groups is 2. The van der Waals surface area contributed by atoms with Crippen LogP contribution in [0.2, 0.25) is 0 Å². The van der Waals surface area contributed by atoms with Gasteiger partial charge in [-0.1, -0.05) is 6.92 Å². The molecule has 1 aliphatic rings. The maximum Gasteiger partial charge on any atom is 0.348 e. The molecule has 130 valence electrons. The minimum Gasteiger partial charge on any atom is -0.493 e. The summed E-state index contributed by atoms with van der Waals surface area (Å²) in [4.78, 5) is 24.0. The molecule has 0 amide bonds. The predicted molar refractivity (Wildman–Crippen MR) is 95.7 cm³/mol. The SMILES string of the molecule is CCCOc1c(I)cc(C=C2C(=O)OC(C)(C)OC2=O)cc1OC. The quantitative estimate of drug-likeness (QED) is 0.299. The van der Waals surface area contributed by atoms with Gasteiger partial charge in [0.2, 0.25) is 0 Å². The fraction of sp³-hybridized carbons (Fsp3) is 0.412. The molecule has 24 heavy (non-hydrogen) atoms. The molecule has 0 aromatic heterocycles. The van der Waals surface area contributed by atoms with Gasteiger partial charge in [-0.3, -0.25) is 0 Å². The van der Waals surface area contributed by atoms with E-state index in [1.807, 2.05) is 6.92 Å². The van der Waals surface area contributed by atoms with Crippen LogP contribution in [0.25, 0.3) is 6.08 Å². The number of methoxy groups -OCH3 is 1. The van der Waals surface area contributed by atoms with Crippen molar-refractivity contribution in [3.63, 3.8) is 0 Å². The van der Waals surface area contributed by atoms with Gasteiger partial charge in [0.05, 0.1) is 17.3 Å². The summed E-state index contributed by atoms with van der Waals surface area (Å²) < 4.78 is 22.0. The highest BCUT2D eigenvalue weighted by molar-refractivity contribution is 14.1. The van der Waals surface area contributed by atoms with Crippen molar-refractivity contribution in [1.29, 1.82) is 0 Å². The van der Waals surface area contributed by atoms with Crippen molar-refractivity contribution >= 4 is 40.6 Å². The number of hydrogen-bond acceptors (Lipinski definition) is 6. The molecule has 0 unspecified atom stereocenters. The number of esters is 2. The highest BCUT2D eigenvalue weighted by atomic mass is 127. The lowest BCUT2D eigenvalue weighted by Gasteiger charge is -2.29. The van der Waals surface area contributed by atoms with Crippen molar-refractivity contribution < 1.29 is 28.5 Å². The van der Waals surface area contributed by atoms with Gasteiger partial charge in [0.25, 0.3) is 5.79 Å². The summed E-state index contributed by atoms with van der Waals surface area (Å²) in [5.74, 6) is -1.51. The summed E-state index contributed by atoms with van der Waals surface area (Å²) >= 11 is 2.12. The molecule has 0 N–H and O–H groups in total. The molecular weight excluding hydrogens is 427 g/mol. The van der Waals surface area contributed by atoms with Gasteiger partial charge in [0.15, 0.2) is 11.5 Å². The number of hydrogen-bond donors (Lipinski definition) is 0. The van der Waals surface area contributed by atoms with E-state index in [4.69, 9.17) is 18.9 Å². The Labute approximate surface area is 154 Å². The minimum atomic E-state index is -1.25. The lowest BCUT2D eigenvalue weighted by atomic mass is 10.1. The standard InChI is InChI=1S/C17H19IO6/c1-5-6-22-14-12(18)8-10(9-13(14)21-4)7-11-15(19)23-17(2,3)24-16(11)20/h7-9H,5-6H2,1-4H3. The first-order valence-electron chi connectivity index (χ1n) is 7.46. The Balaban J connectivity index is 2.37. The van der Waals surface area contributed by atoms with E-state index in [1.165, 1.54) is 27.0 Å². The number of halogens is 1. The molecule has 1 aliphatic heterocycles. The highest BCUT2D eigenvalue weighted by Gasteiger charge is 2.38. The number of carbonyl (C=O) groups excluding carboxylic acids is 2. The van der Waals surface area contributed by atoms with E-state index < -0.39 is 17.7 Å². The largest absolute Gasteiger partial charge is 0.493 e. The topological polar surface area (TPSA) is 71.1 Å². The van der Waals surface area contributed by atoms with Crippen molar-refractivity contribution in [1.82, 2.24) is 0 Å². The Bertz CT molecular complexity index is 671. The molecule has 0 radical (unpaired) electrons. The molecule has 1 saturated heterocycles. The molecule has 2 rings (SSSR count). The Morgan fingerprint density at radius 1 is 1.21 bits per heavy atom. The van der Waals surface area contributed by atoms with Gasteiger partial charge in [-0.25, -0.2) is 9.59 Å². The zero-order valence-corrected chi connectivity index (χ0v) is 16.1. The third-order valence-corrected chi connectivity index (χ3v) is 3.93. The first-order valence-corrected chi connectivity index (χ1v) is 8.54. The fourth-order valence-electron chi connectivity index (χ4n) is 2.11. The maximum atomic E-state index is 12.0. The molecule has 1 aromatic carbocycles. The second-order valence-electron chi connectivity index (χ2n) is 5.62. The third-order valence-electron chi connectivity index (χ3n) is 3.13. The van der Waals surface area contributed by atoms with Crippen molar-refractivity contribution in [2.75, 3.05) is 13.7 Å². The van der Waals surface area contributed by atoms with Gasteiger partial charge in [0, 0.05) is 13.8 Å². The molecule has 1 fully saturated rings. The van der Waals surface area contributed by atoms with Crippen LogP contribution in [0.1, 0.15) is 32.8 Å². The monoisotopic (exact) mass is 446 g/mol. The summed E-state index contributed by atoms with van der Waals surface area (Å²) in [6.45, 7) is 5.59. The normalized spacial score (nSPS) is 16.3. The van der Waals surface area contributed by atoms with Crippen LogP contribution < -0.4 is 9.47 Å². The molecule has 0 aliphatic carbocycles. The van der Waals surface area contributed by atoms with Gasteiger partial charge in [-0.15, -0.1) is 0 Å². The van der Waals surface area contributed by atoms with Gasteiger partial charge < -0.3 is 18.9 Å². The van der Waals surface area contributed by atoms with Crippen LogP contribution >= 0.6 is 22.6 Å². The maximum absolute atomic E-state index is 12.0. The molecule has 1 aromatic rings. The number of rotatable bonds is 5. The summed E-state index contributed by atoms with van der Waals surface area (Å²) in [5, 5.41) is 0. The minimum absolute atomic E-state index is 0.158. The van der Waals surface area contributed by atoms with Gasteiger partial charge >= 0.3 is 11.9 Å². The van der Waals surface area contributed by atoms with Gasteiger partial charge in [-0.05, 0) is 52.8 Å². The number of benzene rings is 1. The van der Waals surface area contributed by atoms with Crippen LogP contribution in [0.5, 0.6) is 11.5 Å². The number of ether oxygens (including phenoxy) is 4. The van der Waals surface area contributed by atoms with E-state index >= 15 is 0 Å². The molecule has 0 spiro atoms. The Morgan fingerprint density at radius 3 is 2.38 bits per heavy atom. The Kier molecular flexibility index (Phi) is 5.74. The third kappa shape index (κ3) is 4.19. The van der Waals surface area contributed by atoms with E-state index in [1.54, 1.807) is 12.1 Å². The summed E-state index contributed by atoms with van der Waals surface area (Å²) in [6, 6.07) is 3.49. The van der Waals surface area contributed by atoms with Crippen molar-refractivity contribution in [2.45, 2.75) is 33.0 Å². The van der Waals surface area contributed by atoms with Crippen LogP contribution in [0, 0.1) is 3.57 Å². The molecular formula is C17H19IO6. The lowest BCUT2D eigenvalue weighted by molar-refractivity contribution is -0.222. The molecule has 6 nitrogen and oxygen atoms in total. The lowest BCUT2D eigenvalue weighted by Crippen LogP contribution is -2.41. The highest BCUT2D eigenvalue weighted by Crippen LogP contribution is 2.35. The summed E-state index contributed by atoms with van der Waals surface area (Å²) in [5.41, 5.74) is 0.457. The first-order chi connectivity index (χ1) is 11.3. The summed E-state index contributed by atoms with van der Waals surface area (Å²) in [7, 11) is 1.53. The van der Waals surface area contributed by atoms with Crippen LogP contribution in [-0.2, 0) is 19.1 Å². The molecule has 7 heteroatoms. The Hall–Kier alpha value is -1.77. The van der Waals surface area contributed by atoms with E-state index in [0.717, 1.165) is 9.99 Å². The van der Waals surface area contributed by atoms with Crippen LogP contribution in [0.4, 0.5) is 0 Å². The van der Waals surface area contributed by atoms with Crippen LogP contribution in [0.3, 0.4) is 0 Å².